The number of aromatic nitrogens is 4. The van der Waals surface area contributed by atoms with Gasteiger partial charge in [0.05, 0.1) is 35.4 Å². The number of fused-ring (bicyclic) bond motifs is 3. The van der Waals surface area contributed by atoms with Crippen molar-refractivity contribution < 1.29 is 32.8 Å². The molecule has 2 N–H and O–H groups in total. The summed E-state index contributed by atoms with van der Waals surface area (Å²) in [6, 6.07) is 13.3. The molecule has 3 aliphatic carbocycles. The van der Waals surface area contributed by atoms with Gasteiger partial charge in [0, 0.05) is 86.7 Å². The lowest BCUT2D eigenvalue weighted by Crippen LogP contribution is -2.59. The number of carbonyl (C=O) groups is 5. The number of imidazole rings is 1. The van der Waals surface area contributed by atoms with Gasteiger partial charge in [-0.1, -0.05) is 24.6 Å². The monoisotopic (exact) mass is 1030 g/mol. The van der Waals surface area contributed by atoms with Gasteiger partial charge in [0.2, 0.25) is 29.5 Å². The molecule has 9 heterocycles. The number of nitrogens with one attached hydrogen (secondary N) is 2. The van der Waals surface area contributed by atoms with E-state index in [1.165, 1.54) is 30.6 Å². The molecule has 3 aromatic heterocycles. The van der Waals surface area contributed by atoms with E-state index >= 15 is 13.6 Å². The molecule has 13 rings (SSSR count). The van der Waals surface area contributed by atoms with E-state index in [-0.39, 0.29) is 73.6 Å². The highest BCUT2D eigenvalue weighted by Crippen LogP contribution is 2.66. The van der Waals surface area contributed by atoms with E-state index < -0.39 is 41.5 Å². The van der Waals surface area contributed by atoms with Crippen molar-refractivity contribution >= 4 is 57.9 Å². The number of anilines is 3. The molecule has 3 atom stereocenters. The van der Waals surface area contributed by atoms with E-state index in [1.54, 1.807) is 11.1 Å². The van der Waals surface area contributed by atoms with E-state index in [9.17, 15) is 19.2 Å². The highest BCUT2D eigenvalue weighted by Gasteiger charge is 2.67. The average Bonchev–Trinajstić information content (AvgIpc) is 4.32. The predicted molar refractivity (Wildman–Crippen MR) is 278 cm³/mol. The maximum atomic E-state index is 16.3. The summed E-state index contributed by atoms with van der Waals surface area (Å²) in [6.45, 7) is 7.32. The van der Waals surface area contributed by atoms with Crippen LogP contribution in [-0.4, -0.2) is 140 Å². The van der Waals surface area contributed by atoms with Crippen LogP contribution in [0.3, 0.4) is 0 Å². The number of rotatable bonds is 10. The molecule has 396 valence electrons. The fourth-order valence-electron chi connectivity index (χ4n) is 14.5. The van der Waals surface area contributed by atoms with Crippen LogP contribution in [0, 0.1) is 17.3 Å². The second kappa shape index (κ2) is 18.3. The molecule has 3 unspecified atom stereocenters. The third-order valence-electron chi connectivity index (χ3n) is 19.1. The van der Waals surface area contributed by atoms with Crippen LogP contribution in [0.15, 0.2) is 48.9 Å². The minimum Gasteiger partial charge on any atom is -0.366 e. The van der Waals surface area contributed by atoms with Crippen LogP contribution in [0.4, 0.5) is 26.1 Å². The Labute approximate surface area is 436 Å². The van der Waals surface area contributed by atoms with Crippen molar-refractivity contribution in [2.45, 2.75) is 152 Å². The number of halogens is 2. The number of nitrogens with zero attached hydrogens (tertiary/aromatic N) is 9. The Morgan fingerprint density at radius 1 is 0.813 bits per heavy atom. The molecule has 16 nitrogen and oxygen atoms in total. The van der Waals surface area contributed by atoms with Crippen LogP contribution < -0.4 is 20.4 Å². The molecule has 3 saturated carbocycles. The normalized spacial score (nSPS) is 28.8. The summed E-state index contributed by atoms with van der Waals surface area (Å²) in [5, 5.41) is 6.06. The number of likely N-dealkylation sites (tertiary alicyclic amines) is 3. The second-order valence-electron chi connectivity index (χ2n) is 24.0. The van der Waals surface area contributed by atoms with Crippen LogP contribution in [-0.2, 0) is 29.4 Å². The molecule has 6 aliphatic heterocycles. The quantitative estimate of drug-likeness (QED) is 0.154. The highest BCUT2D eigenvalue weighted by atomic mass is 19.3. The Kier molecular flexibility index (Phi) is 11.9. The summed E-state index contributed by atoms with van der Waals surface area (Å²) >= 11 is 0. The molecule has 75 heavy (non-hydrogen) atoms. The summed E-state index contributed by atoms with van der Waals surface area (Å²) in [4.78, 5) is 91.7. The molecule has 18 heteroatoms. The largest absolute Gasteiger partial charge is 0.366 e. The number of amides is 5. The molecule has 5 saturated heterocycles. The zero-order valence-electron chi connectivity index (χ0n) is 43.2. The van der Waals surface area contributed by atoms with Gasteiger partial charge in [0.25, 0.3) is 5.92 Å². The van der Waals surface area contributed by atoms with Gasteiger partial charge in [-0.2, -0.15) is 0 Å². The molecular weight excluding hydrogens is 957 g/mol. The maximum absolute atomic E-state index is 16.3. The number of hydrogen-bond acceptors (Lipinski definition) is 11. The van der Waals surface area contributed by atoms with Crippen molar-refractivity contribution in [2.24, 2.45) is 17.3 Å². The molecular formula is C57H69F2N11O5. The summed E-state index contributed by atoms with van der Waals surface area (Å²) in [6.07, 6.45) is 14.9. The fourth-order valence-corrected chi connectivity index (χ4v) is 14.5. The summed E-state index contributed by atoms with van der Waals surface area (Å²) in [5.41, 5.74) is 5.54. The van der Waals surface area contributed by atoms with Crippen LogP contribution in [0.25, 0.3) is 22.3 Å². The molecule has 0 radical (unpaired) electrons. The van der Waals surface area contributed by atoms with Crippen molar-refractivity contribution in [3.8, 4) is 11.3 Å². The van der Waals surface area contributed by atoms with E-state index in [0.717, 1.165) is 83.7 Å². The van der Waals surface area contributed by atoms with Crippen LogP contribution in [0.2, 0.25) is 0 Å². The Hall–Kier alpha value is -6.04. The van der Waals surface area contributed by atoms with Gasteiger partial charge in [0.1, 0.15) is 17.3 Å². The summed E-state index contributed by atoms with van der Waals surface area (Å²) in [5.74, 6) is -5.71. The van der Waals surface area contributed by atoms with Gasteiger partial charge in [0.15, 0.2) is 5.82 Å². The smallest absolute Gasteiger partial charge is 0.276 e. The number of alkyl halides is 2. The Morgan fingerprint density at radius 3 is 2.28 bits per heavy atom. The van der Waals surface area contributed by atoms with Crippen molar-refractivity contribution in [1.82, 2.24) is 39.5 Å². The highest BCUT2D eigenvalue weighted by molar-refractivity contribution is 6.10. The van der Waals surface area contributed by atoms with Gasteiger partial charge in [-0.3, -0.25) is 34.2 Å². The first-order valence-corrected chi connectivity index (χ1v) is 28.1. The average molecular weight is 1030 g/mol. The van der Waals surface area contributed by atoms with E-state index in [0.29, 0.717) is 63.1 Å². The lowest BCUT2D eigenvalue weighted by molar-refractivity contribution is -0.170. The second-order valence-corrected chi connectivity index (χ2v) is 24.0. The van der Waals surface area contributed by atoms with Gasteiger partial charge >= 0.3 is 0 Å². The number of imide groups is 1. The van der Waals surface area contributed by atoms with Crippen molar-refractivity contribution in [3.05, 3.63) is 60.0 Å². The molecule has 8 fully saturated rings. The van der Waals surface area contributed by atoms with Crippen LogP contribution in [0.5, 0.6) is 0 Å². The molecule has 9 aliphatic rings. The number of hydrogen-bond donors (Lipinski definition) is 2. The minimum atomic E-state index is -3.41. The number of pyridine rings is 2. The SMILES string of the molecule is CC(C)n1cnc2cc(-c3ccc4c(c3)N(C3CC5(C3)CC5N3CCCCC3)C(=O)C43CCN(C(=O)C4CCN(C(=O)C5CCN(c6ccc(C7CCC(=O)NC7=O)cn6)CC5)CC4(F)F)CC3)nc(NC3CC3)c21. The number of piperidine rings is 5. The van der Waals surface area contributed by atoms with Crippen molar-refractivity contribution in [1.29, 1.82) is 0 Å². The Morgan fingerprint density at radius 2 is 1.59 bits per heavy atom. The maximum Gasteiger partial charge on any atom is 0.276 e. The van der Waals surface area contributed by atoms with Gasteiger partial charge < -0.3 is 29.5 Å². The van der Waals surface area contributed by atoms with Crippen molar-refractivity contribution in [2.75, 3.05) is 67.5 Å². The summed E-state index contributed by atoms with van der Waals surface area (Å²) < 4.78 is 34.8. The fraction of sp³-hybridized carbons (Fsp3) is 0.614. The van der Waals surface area contributed by atoms with E-state index in [1.807, 2.05) is 18.5 Å². The van der Waals surface area contributed by atoms with Gasteiger partial charge in [-0.05, 0) is 145 Å². The van der Waals surface area contributed by atoms with Crippen LogP contribution in [0.1, 0.15) is 133 Å². The van der Waals surface area contributed by atoms with Crippen LogP contribution >= 0.6 is 0 Å². The number of benzene rings is 1. The van der Waals surface area contributed by atoms with Crippen molar-refractivity contribution in [3.63, 3.8) is 0 Å². The topological polar surface area (TPSA) is 169 Å². The first-order chi connectivity index (χ1) is 36.2. The van der Waals surface area contributed by atoms with Gasteiger partial charge in [-0.15, -0.1) is 0 Å². The Bertz CT molecular complexity index is 2950. The zero-order valence-corrected chi connectivity index (χ0v) is 43.2. The zero-order chi connectivity index (χ0) is 51.5. The molecule has 0 bridgehead atoms. The molecule has 4 aromatic rings. The summed E-state index contributed by atoms with van der Waals surface area (Å²) in [7, 11) is 0. The molecule has 5 amide bonds. The lowest BCUT2D eigenvalue weighted by atomic mass is 9.72. The lowest BCUT2D eigenvalue weighted by Gasteiger charge is -2.46. The van der Waals surface area contributed by atoms with E-state index in [2.05, 4.69) is 73.0 Å². The van der Waals surface area contributed by atoms with Gasteiger partial charge in [-0.25, -0.2) is 23.7 Å². The molecule has 2 spiro atoms. The third kappa shape index (κ3) is 8.46. The molecule has 1 aromatic carbocycles. The number of carbonyl (C=O) groups excluding carboxylic acids is 5. The Balaban J connectivity index is 0.683. The minimum absolute atomic E-state index is 0.0617. The first kappa shape index (κ1) is 48.6. The third-order valence-corrected chi connectivity index (χ3v) is 19.1. The first-order valence-electron chi connectivity index (χ1n) is 28.1. The standard InChI is InChI=1S/C57H69F2N11O5/c1-34(2)69-33-61-44-27-43(63-50(49(44)69)62-38-8-9-38)36-6-11-41-45(26-36)70(39-28-55(29-39)30-46(55)65-19-4-3-5-20-65)54(75)56(41)17-24-67(25-18-56)53(74)42-16-23-68(32-57(42,58)59)52(73)35-14-21-66(22-15-35)47-12-7-37(31-60-47)40-10-13-48(71)64-51(40)72/h6-7,11-12,26-27,31,33-35,38-40,42,46H,3-5,8-10,13-25,28-30,32H2,1-2H3,(H,62,63)(H,64,71,72). The predicted octanol–water partition coefficient (Wildman–Crippen LogP) is 7.18. The van der Waals surface area contributed by atoms with E-state index in [4.69, 9.17) is 9.97 Å².